The van der Waals surface area contributed by atoms with E-state index in [1.165, 1.54) is 16.1 Å². The second kappa shape index (κ2) is 3.24. The zero-order chi connectivity index (χ0) is 8.27. The fraction of sp³-hybridized carbons (Fsp3) is 0.200. The second-order valence-electron chi connectivity index (χ2n) is 2.48. The lowest BCUT2D eigenvalue weighted by Gasteiger charge is -1.85. The lowest BCUT2D eigenvalue weighted by molar-refractivity contribution is 1.30. The van der Waals surface area contributed by atoms with E-state index in [9.17, 15) is 0 Å². The van der Waals surface area contributed by atoms with Crippen molar-refractivity contribution >= 4 is 11.6 Å². The molecule has 0 saturated heterocycles. The van der Waals surface area contributed by atoms with Crippen molar-refractivity contribution < 1.29 is 0 Å². The first-order chi connectivity index (χ1) is 5.29. The van der Waals surface area contributed by atoms with Gasteiger partial charge in [0.15, 0.2) is 0 Å². The minimum Gasteiger partial charge on any atom is -0.361 e. The molecule has 0 aliphatic carbocycles. The Kier molecular flexibility index (Phi) is 2.32. The molecule has 0 fully saturated rings. The topological polar surface area (TPSA) is 15.8 Å². The molecule has 0 saturated carbocycles. The fourth-order valence-corrected chi connectivity index (χ4v) is 1.07. The van der Waals surface area contributed by atoms with Crippen molar-refractivity contribution in [3.8, 4) is 0 Å². The summed E-state index contributed by atoms with van der Waals surface area (Å²) in [7, 11) is 0. The Morgan fingerprint density at radius 1 is 1.64 bits per heavy atom. The molecule has 1 aromatic heterocycles. The average molecular weight is 147 g/mol. The molecule has 0 unspecified atom stereocenters. The molecular formula is C10H13N. The molecule has 1 aromatic rings. The van der Waals surface area contributed by atoms with Crippen molar-refractivity contribution in [2.24, 2.45) is 0 Å². The van der Waals surface area contributed by atoms with E-state index in [1.54, 1.807) is 0 Å². The third-order valence-electron chi connectivity index (χ3n) is 1.80. The van der Waals surface area contributed by atoms with Crippen molar-refractivity contribution in [1.82, 2.24) is 4.98 Å². The Bertz CT molecular complexity index is 354. The van der Waals surface area contributed by atoms with Gasteiger partial charge in [-0.2, -0.15) is 0 Å². The second-order valence-corrected chi connectivity index (χ2v) is 2.48. The summed E-state index contributed by atoms with van der Waals surface area (Å²) in [5, 5.41) is 2.41. The first kappa shape index (κ1) is 7.86. The molecule has 0 aliphatic rings. The molecule has 0 amide bonds. The maximum Gasteiger partial charge on any atom is 0.0413 e. The van der Waals surface area contributed by atoms with Gasteiger partial charge in [0.2, 0.25) is 0 Å². The average Bonchev–Trinajstić information content (AvgIpc) is 2.50. The largest absolute Gasteiger partial charge is 0.361 e. The Labute approximate surface area is 66.8 Å². The summed E-state index contributed by atoms with van der Waals surface area (Å²) in [5.74, 6) is 0. The van der Waals surface area contributed by atoms with Crippen molar-refractivity contribution in [3.05, 3.63) is 35.5 Å². The molecular weight excluding hydrogens is 134 g/mol. The molecule has 1 nitrogen and oxygen atoms in total. The van der Waals surface area contributed by atoms with E-state index in [0.717, 1.165) is 0 Å². The number of H-pyrrole nitrogens is 1. The van der Waals surface area contributed by atoms with Gasteiger partial charge in [-0.1, -0.05) is 18.7 Å². The monoisotopic (exact) mass is 147 g/mol. The van der Waals surface area contributed by atoms with Crippen LogP contribution in [0.2, 0.25) is 0 Å². The van der Waals surface area contributed by atoms with Gasteiger partial charge in [0.1, 0.15) is 0 Å². The van der Waals surface area contributed by atoms with E-state index >= 15 is 0 Å². The van der Waals surface area contributed by atoms with Gasteiger partial charge in [0.25, 0.3) is 0 Å². The van der Waals surface area contributed by atoms with Crippen LogP contribution < -0.4 is 10.6 Å². The molecule has 1 heterocycles. The molecule has 1 heteroatoms. The number of allylic oxidation sites excluding steroid dienone is 1. The minimum atomic E-state index is 1.17. The summed E-state index contributed by atoms with van der Waals surface area (Å²) in [6.07, 6.45) is 5.87. The van der Waals surface area contributed by atoms with Crippen molar-refractivity contribution in [2.75, 3.05) is 0 Å². The lowest BCUT2D eigenvalue weighted by Crippen LogP contribution is -2.23. The van der Waals surface area contributed by atoms with Gasteiger partial charge < -0.3 is 4.98 Å². The molecule has 0 aliphatic heterocycles. The van der Waals surface area contributed by atoms with Crippen LogP contribution in [0.5, 0.6) is 0 Å². The third-order valence-corrected chi connectivity index (χ3v) is 1.80. The number of rotatable bonds is 1. The van der Waals surface area contributed by atoms with Crippen molar-refractivity contribution in [1.29, 1.82) is 0 Å². The van der Waals surface area contributed by atoms with E-state index < -0.39 is 0 Å². The first-order valence-corrected chi connectivity index (χ1v) is 3.72. The summed E-state index contributed by atoms with van der Waals surface area (Å²) < 4.78 is 0. The smallest absolute Gasteiger partial charge is 0.0413 e. The van der Waals surface area contributed by atoms with E-state index in [1.807, 2.05) is 19.2 Å². The van der Waals surface area contributed by atoms with E-state index in [-0.39, 0.29) is 0 Å². The van der Waals surface area contributed by atoms with E-state index in [0.29, 0.717) is 0 Å². The van der Waals surface area contributed by atoms with Crippen molar-refractivity contribution in [2.45, 2.75) is 13.8 Å². The predicted octanol–water partition coefficient (Wildman–Crippen LogP) is 1.17. The number of aromatic nitrogens is 1. The maximum absolute atomic E-state index is 3.73. The molecule has 58 valence electrons. The third kappa shape index (κ3) is 1.43. The highest BCUT2D eigenvalue weighted by Crippen LogP contribution is 1.86. The lowest BCUT2D eigenvalue weighted by atomic mass is 10.2. The zero-order valence-corrected chi connectivity index (χ0v) is 7.02. The summed E-state index contributed by atoms with van der Waals surface area (Å²) in [4.78, 5) is 3.15. The number of hydrogen-bond acceptors (Lipinski definition) is 0. The summed E-state index contributed by atoms with van der Waals surface area (Å²) in [6, 6.07) is 2.06. The molecule has 0 spiro atoms. The summed E-state index contributed by atoms with van der Waals surface area (Å²) in [6.45, 7) is 7.81. The Morgan fingerprint density at radius 3 is 2.91 bits per heavy atom. The van der Waals surface area contributed by atoms with Gasteiger partial charge in [0.05, 0.1) is 0 Å². The highest BCUT2D eigenvalue weighted by atomic mass is 14.6. The van der Waals surface area contributed by atoms with Crippen LogP contribution >= 0.6 is 0 Å². The fourth-order valence-electron chi connectivity index (χ4n) is 1.07. The van der Waals surface area contributed by atoms with Gasteiger partial charge in [-0.3, -0.25) is 0 Å². The van der Waals surface area contributed by atoms with Crippen LogP contribution in [0.1, 0.15) is 13.8 Å². The molecule has 0 radical (unpaired) electrons. The highest BCUT2D eigenvalue weighted by molar-refractivity contribution is 5.53. The number of aromatic amines is 1. The van der Waals surface area contributed by atoms with Gasteiger partial charge in [-0.05, 0) is 25.5 Å². The number of hydrogen-bond donors (Lipinski definition) is 1. The van der Waals surface area contributed by atoms with E-state index in [2.05, 4.69) is 30.6 Å². The van der Waals surface area contributed by atoms with E-state index in [4.69, 9.17) is 0 Å². The summed E-state index contributed by atoms with van der Waals surface area (Å²) >= 11 is 0. The SMILES string of the molecule is C=C/C(C)=c1/cc[nH]/c1=C/C. The maximum atomic E-state index is 3.73. The zero-order valence-electron chi connectivity index (χ0n) is 7.02. The van der Waals surface area contributed by atoms with Gasteiger partial charge in [-0.15, -0.1) is 0 Å². The van der Waals surface area contributed by atoms with Crippen molar-refractivity contribution in [3.63, 3.8) is 0 Å². The molecule has 11 heavy (non-hydrogen) atoms. The van der Waals surface area contributed by atoms with Gasteiger partial charge in [-0.25, -0.2) is 0 Å². The van der Waals surface area contributed by atoms with Crippen LogP contribution in [-0.2, 0) is 0 Å². The van der Waals surface area contributed by atoms with Crippen LogP contribution in [0.15, 0.2) is 24.9 Å². The molecule has 1 rings (SSSR count). The minimum absolute atomic E-state index is 1.17. The Morgan fingerprint density at radius 2 is 2.36 bits per heavy atom. The predicted molar refractivity (Wildman–Crippen MR) is 49.5 cm³/mol. The Hall–Kier alpha value is -1.24. The van der Waals surface area contributed by atoms with Crippen LogP contribution in [0.4, 0.5) is 0 Å². The Balaban J connectivity index is 3.58. The normalized spacial score (nSPS) is 14.9. The van der Waals surface area contributed by atoms with Gasteiger partial charge >= 0.3 is 0 Å². The standard InChI is InChI=1S/C10H13N/c1-4-8(3)9-6-7-11-10(9)5-2/h4-7,11H,1H2,2-3H3/b9-8-,10-5+. The summed E-state index contributed by atoms with van der Waals surface area (Å²) in [5.41, 5.74) is 1.21. The first-order valence-electron chi connectivity index (χ1n) is 3.72. The molecule has 0 atom stereocenters. The molecule has 0 bridgehead atoms. The number of nitrogens with one attached hydrogen (secondary N) is 1. The van der Waals surface area contributed by atoms with Gasteiger partial charge in [0, 0.05) is 16.8 Å². The quantitative estimate of drug-likeness (QED) is 0.613. The van der Waals surface area contributed by atoms with Crippen LogP contribution in [0, 0.1) is 0 Å². The van der Waals surface area contributed by atoms with Crippen LogP contribution in [-0.4, -0.2) is 4.98 Å². The highest BCUT2D eigenvalue weighted by Gasteiger charge is 1.86. The molecule has 1 N–H and O–H groups in total. The van der Waals surface area contributed by atoms with Crippen LogP contribution in [0.25, 0.3) is 11.6 Å². The molecule has 0 aromatic carbocycles. The van der Waals surface area contributed by atoms with Crippen LogP contribution in [0.3, 0.4) is 0 Å².